The van der Waals surface area contributed by atoms with Crippen LogP contribution in [0.15, 0.2) is 36.4 Å². The Morgan fingerprint density at radius 1 is 1.24 bits per heavy atom. The number of likely N-dealkylation sites (N-methyl/N-ethyl adjacent to an activating group) is 1. The second-order valence-corrected chi connectivity index (χ2v) is 10.0. The zero-order valence-corrected chi connectivity index (χ0v) is 22.8. The molecule has 0 radical (unpaired) electrons. The second-order valence-electron chi connectivity index (χ2n) is 10.0. The van der Waals surface area contributed by atoms with Gasteiger partial charge in [0.05, 0.1) is 25.3 Å². The number of carbonyl (C=O) groups is 1. The van der Waals surface area contributed by atoms with Gasteiger partial charge in [0.1, 0.15) is 17.4 Å². The Hall–Kier alpha value is -3.45. The van der Waals surface area contributed by atoms with Crippen LogP contribution in [0, 0.1) is 26.7 Å². The van der Waals surface area contributed by atoms with Gasteiger partial charge in [0.2, 0.25) is 5.91 Å². The third-order valence-electron chi connectivity index (χ3n) is 7.51. The van der Waals surface area contributed by atoms with Crippen LogP contribution in [0.4, 0.5) is 5.82 Å². The SMILES string of the molecule is COc1cc2nc(C)nc(N[C@H](C)c3cccc(C)c3C)c2cc1C1=CCC(C(=O)N(C)CCO)CC1. The van der Waals surface area contributed by atoms with E-state index in [4.69, 9.17) is 19.8 Å². The summed E-state index contributed by atoms with van der Waals surface area (Å²) in [5.41, 5.74) is 6.81. The molecule has 37 heavy (non-hydrogen) atoms. The summed E-state index contributed by atoms with van der Waals surface area (Å²) >= 11 is 0. The summed E-state index contributed by atoms with van der Waals surface area (Å²) in [6.07, 6.45) is 4.37. The molecule has 0 spiro atoms. The third-order valence-corrected chi connectivity index (χ3v) is 7.51. The molecular formula is C30H38N4O3. The van der Waals surface area contributed by atoms with Gasteiger partial charge in [-0.05, 0) is 75.3 Å². The molecule has 1 heterocycles. The van der Waals surface area contributed by atoms with Crippen molar-refractivity contribution in [2.24, 2.45) is 5.92 Å². The van der Waals surface area contributed by atoms with E-state index in [0.717, 1.165) is 40.9 Å². The molecule has 2 N–H and O–H groups in total. The number of amides is 1. The van der Waals surface area contributed by atoms with Crippen molar-refractivity contribution in [1.82, 2.24) is 14.9 Å². The number of rotatable bonds is 8. The highest BCUT2D eigenvalue weighted by atomic mass is 16.5. The summed E-state index contributed by atoms with van der Waals surface area (Å²) in [7, 11) is 3.43. The lowest BCUT2D eigenvalue weighted by Crippen LogP contribution is -2.35. The van der Waals surface area contributed by atoms with Gasteiger partial charge in [-0.15, -0.1) is 0 Å². The van der Waals surface area contributed by atoms with Crippen LogP contribution in [0.1, 0.15) is 60.3 Å². The second kappa shape index (κ2) is 11.3. The standard InChI is InChI=1S/C30H38N4O3/c1-18-8-7-9-24(19(18)2)20(3)31-29-26-16-25(28(37-6)17-27(26)32-21(4)33-29)22-10-12-23(13-11-22)30(36)34(5)14-15-35/h7-10,16-17,20,23,35H,11-15H2,1-6H3,(H,31,32,33)/t20-,23?/m1/s1. The number of anilines is 1. The average Bonchev–Trinajstić information content (AvgIpc) is 2.89. The Bertz CT molecular complexity index is 1330. The molecule has 0 fully saturated rings. The molecule has 196 valence electrons. The van der Waals surface area contributed by atoms with Crippen LogP contribution in [0.5, 0.6) is 5.75 Å². The fourth-order valence-corrected chi connectivity index (χ4v) is 5.20. The minimum absolute atomic E-state index is 0.0235. The number of aliphatic hydroxyl groups excluding tert-OH is 1. The van der Waals surface area contributed by atoms with E-state index >= 15 is 0 Å². The predicted octanol–water partition coefficient (Wildman–Crippen LogP) is 5.37. The van der Waals surface area contributed by atoms with Crippen LogP contribution in [-0.4, -0.2) is 53.2 Å². The molecule has 0 aliphatic heterocycles. The van der Waals surface area contributed by atoms with E-state index in [-0.39, 0.29) is 24.5 Å². The van der Waals surface area contributed by atoms with E-state index in [9.17, 15) is 4.79 Å². The van der Waals surface area contributed by atoms with Crippen LogP contribution in [0.25, 0.3) is 16.5 Å². The number of aliphatic hydroxyl groups is 1. The number of carbonyl (C=O) groups excluding carboxylic acids is 1. The normalized spacial score (nSPS) is 16.3. The van der Waals surface area contributed by atoms with Crippen molar-refractivity contribution in [2.45, 2.75) is 53.0 Å². The molecule has 1 aliphatic carbocycles. The molecule has 0 saturated heterocycles. The summed E-state index contributed by atoms with van der Waals surface area (Å²) in [5.74, 6) is 2.30. The molecule has 0 bridgehead atoms. The van der Waals surface area contributed by atoms with Crippen LogP contribution in [0.3, 0.4) is 0 Å². The first-order chi connectivity index (χ1) is 17.7. The molecule has 3 aromatic rings. The monoisotopic (exact) mass is 502 g/mol. The molecule has 7 nitrogen and oxygen atoms in total. The molecule has 0 saturated carbocycles. The number of fused-ring (bicyclic) bond motifs is 1. The Labute approximate surface area is 219 Å². The summed E-state index contributed by atoms with van der Waals surface area (Å²) < 4.78 is 5.79. The Morgan fingerprint density at radius 2 is 2.03 bits per heavy atom. The number of aryl methyl sites for hydroxylation is 2. The lowest BCUT2D eigenvalue weighted by atomic mass is 9.85. The van der Waals surface area contributed by atoms with Gasteiger partial charge in [-0.3, -0.25) is 4.79 Å². The lowest BCUT2D eigenvalue weighted by molar-refractivity contribution is -0.134. The van der Waals surface area contributed by atoms with Gasteiger partial charge in [-0.1, -0.05) is 24.3 Å². The maximum atomic E-state index is 12.7. The summed E-state index contributed by atoms with van der Waals surface area (Å²) in [5, 5.41) is 13.8. The van der Waals surface area contributed by atoms with Crippen LogP contribution in [-0.2, 0) is 4.79 Å². The number of aromatic nitrogens is 2. The Balaban J connectivity index is 1.68. The fourth-order valence-electron chi connectivity index (χ4n) is 5.20. The van der Waals surface area contributed by atoms with Crippen molar-refractivity contribution in [3.63, 3.8) is 0 Å². The number of nitrogens with one attached hydrogen (secondary N) is 1. The zero-order valence-electron chi connectivity index (χ0n) is 22.8. The van der Waals surface area contributed by atoms with E-state index in [0.29, 0.717) is 18.8 Å². The fraction of sp³-hybridized carbons (Fsp3) is 0.433. The number of nitrogens with zero attached hydrogens (tertiary/aromatic N) is 3. The third kappa shape index (κ3) is 5.62. The van der Waals surface area contributed by atoms with Gasteiger partial charge in [0, 0.05) is 36.5 Å². The lowest BCUT2D eigenvalue weighted by Gasteiger charge is -2.26. The van der Waals surface area contributed by atoms with E-state index in [1.54, 1.807) is 19.1 Å². The first kappa shape index (κ1) is 26.6. The first-order valence-corrected chi connectivity index (χ1v) is 13.0. The molecular weight excluding hydrogens is 464 g/mol. The maximum absolute atomic E-state index is 12.7. The molecule has 1 aromatic heterocycles. The van der Waals surface area contributed by atoms with Crippen LogP contribution in [0.2, 0.25) is 0 Å². The highest BCUT2D eigenvalue weighted by Crippen LogP contribution is 2.39. The first-order valence-electron chi connectivity index (χ1n) is 13.0. The average molecular weight is 503 g/mol. The number of hydrogen-bond donors (Lipinski definition) is 2. The van der Waals surface area contributed by atoms with Gasteiger partial charge in [0.15, 0.2) is 0 Å². The largest absolute Gasteiger partial charge is 0.496 e. The highest BCUT2D eigenvalue weighted by molar-refractivity contribution is 5.94. The number of allylic oxidation sites excluding steroid dienone is 2. The quantitative estimate of drug-likeness (QED) is 0.431. The highest BCUT2D eigenvalue weighted by Gasteiger charge is 2.26. The minimum Gasteiger partial charge on any atom is -0.496 e. The molecule has 1 unspecified atom stereocenters. The van der Waals surface area contributed by atoms with Crippen molar-refractivity contribution in [3.05, 3.63) is 64.5 Å². The number of benzene rings is 2. The van der Waals surface area contributed by atoms with Gasteiger partial charge < -0.3 is 20.1 Å². The van der Waals surface area contributed by atoms with Crippen molar-refractivity contribution >= 4 is 28.2 Å². The van der Waals surface area contributed by atoms with Gasteiger partial charge in [-0.2, -0.15) is 0 Å². The number of methoxy groups -OCH3 is 1. The van der Waals surface area contributed by atoms with E-state index in [1.165, 1.54) is 22.3 Å². The van der Waals surface area contributed by atoms with Crippen molar-refractivity contribution in [1.29, 1.82) is 0 Å². The number of ether oxygens (including phenoxy) is 1. The smallest absolute Gasteiger partial charge is 0.225 e. The van der Waals surface area contributed by atoms with Crippen molar-refractivity contribution in [3.8, 4) is 5.75 Å². The van der Waals surface area contributed by atoms with Gasteiger partial charge >= 0.3 is 0 Å². The topological polar surface area (TPSA) is 87.6 Å². The Morgan fingerprint density at radius 3 is 2.70 bits per heavy atom. The van der Waals surface area contributed by atoms with Crippen LogP contribution >= 0.6 is 0 Å². The van der Waals surface area contributed by atoms with E-state index in [1.807, 2.05) is 13.0 Å². The van der Waals surface area contributed by atoms with Gasteiger partial charge in [0.25, 0.3) is 0 Å². The summed E-state index contributed by atoms with van der Waals surface area (Å²) in [6, 6.07) is 10.6. The van der Waals surface area contributed by atoms with E-state index in [2.05, 4.69) is 56.4 Å². The van der Waals surface area contributed by atoms with Crippen LogP contribution < -0.4 is 10.1 Å². The Kier molecular flexibility index (Phi) is 8.13. The zero-order chi connectivity index (χ0) is 26.7. The summed E-state index contributed by atoms with van der Waals surface area (Å²) in [6.45, 7) is 8.69. The van der Waals surface area contributed by atoms with Gasteiger partial charge in [-0.25, -0.2) is 9.97 Å². The molecule has 7 heteroatoms. The summed E-state index contributed by atoms with van der Waals surface area (Å²) in [4.78, 5) is 23.8. The molecule has 4 rings (SSSR count). The predicted molar refractivity (Wildman–Crippen MR) is 149 cm³/mol. The molecule has 1 amide bonds. The number of hydrogen-bond acceptors (Lipinski definition) is 6. The molecule has 2 aromatic carbocycles. The maximum Gasteiger partial charge on any atom is 0.225 e. The van der Waals surface area contributed by atoms with Crippen molar-refractivity contribution < 1.29 is 14.6 Å². The van der Waals surface area contributed by atoms with Crippen molar-refractivity contribution in [2.75, 3.05) is 32.6 Å². The minimum atomic E-state index is -0.0617. The molecule has 1 aliphatic rings. The molecule has 2 atom stereocenters. The van der Waals surface area contributed by atoms with E-state index < -0.39 is 0 Å².